The van der Waals surface area contributed by atoms with Crippen LogP contribution < -0.4 is 5.73 Å². The number of nitrogens with zero attached hydrogens (tertiary/aromatic N) is 2. The van der Waals surface area contributed by atoms with Crippen LogP contribution in [0.2, 0.25) is 0 Å². The van der Waals surface area contributed by atoms with E-state index >= 15 is 0 Å². The van der Waals surface area contributed by atoms with Gasteiger partial charge in [0.1, 0.15) is 17.2 Å². The summed E-state index contributed by atoms with van der Waals surface area (Å²) in [5.41, 5.74) is 4.43. The number of piperidine rings is 1. The van der Waals surface area contributed by atoms with Crippen LogP contribution in [0.3, 0.4) is 0 Å². The number of nitrogens with two attached hydrogens (primary N) is 1. The fraction of sp³-hybridized carbons (Fsp3) is 0.562. The molecule has 1 aliphatic heterocycles. The van der Waals surface area contributed by atoms with Gasteiger partial charge in [-0.15, -0.1) is 24.0 Å². The zero-order chi connectivity index (χ0) is 16.3. The molecule has 0 spiro atoms. The highest BCUT2D eigenvalue weighted by Gasteiger charge is 2.27. The molecule has 7 heteroatoms. The van der Waals surface area contributed by atoms with Gasteiger partial charge in [-0.2, -0.15) is 0 Å². The molecular weight excluding hydrogens is 415 g/mol. The molecule has 1 unspecified atom stereocenters. The number of aliphatic imine (C=N–C) groups is 1. The molecule has 2 rings (SSSR count). The van der Waals surface area contributed by atoms with Crippen LogP contribution >= 0.6 is 24.0 Å². The Kier molecular flexibility index (Phi) is 7.19. The van der Waals surface area contributed by atoms with Gasteiger partial charge in [-0.3, -0.25) is 0 Å². The van der Waals surface area contributed by atoms with E-state index in [1.165, 1.54) is 13.0 Å². The number of guanidine groups is 1. The molecule has 1 heterocycles. The third kappa shape index (κ3) is 5.27. The van der Waals surface area contributed by atoms with Gasteiger partial charge in [0.25, 0.3) is 0 Å². The number of rotatable bonds is 3. The Labute approximate surface area is 152 Å². The molecule has 1 fully saturated rings. The summed E-state index contributed by atoms with van der Waals surface area (Å²) in [6.45, 7) is 5.24. The van der Waals surface area contributed by atoms with Gasteiger partial charge in [-0.05, 0) is 31.7 Å². The maximum Gasteiger partial charge on any atom is 0.191 e. The summed E-state index contributed by atoms with van der Waals surface area (Å²) < 4.78 is 26.7. The highest BCUT2D eigenvalue weighted by molar-refractivity contribution is 14.0. The summed E-state index contributed by atoms with van der Waals surface area (Å²) in [4.78, 5) is 6.16. The summed E-state index contributed by atoms with van der Waals surface area (Å²) in [5.74, 6) is -0.428. The number of halogens is 3. The van der Waals surface area contributed by atoms with E-state index in [0.717, 1.165) is 38.1 Å². The van der Waals surface area contributed by atoms with Gasteiger partial charge < -0.3 is 15.7 Å². The summed E-state index contributed by atoms with van der Waals surface area (Å²) in [6, 6.07) is 3.10. The van der Waals surface area contributed by atoms with E-state index in [-0.39, 0.29) is 36.1 Å². The van der Waals surface area contributed by atoms with Gasteiger partial charge in [-0.25, -0.2) is 13.8 Å². The van der Waals surface area contributed by atoms with Gasteiger partial charge in [0.15, 0.2) is 5.96 Å². The van der Waals surface area contributed by atoms with Crippen LogP contribution in [-0.2, 0) is 5.60 Å². The number of hydrogen-bond acceptors (Lipinski definition) is 2. The molecule has 0 amide bonds. The second kappa shape index (κ2) is 8.23. The maximum absolute atomic E-state index is 13.8. The lowest BCUT2D eigenvalue weighted by Crippen LogP contribution is -2.43. The molecule has 1 atom stereocenters. The van der Waals surface area contributed by atoms with E-state index in [1.807, 2.05) is 4.90 Å². The quantitative estimate of drug-likeness (QED) is 0.433. The van der Waals surface area contributed by atoms with Crippen LogP contribution in [0.25, 0.3) is 0 Å². The first kappa shape index (κ1) is 20.1. The Hall–Kier alpha value is -0.960. The Morgan fingerprint density at radius 1 is 1.39 bits per heavy atom. The van der Waals surface area contributed by atoms with Gasteiger partial charge in [-0.1, -0.05) is 13.0 Å². The molecule has 0 aromatic heterocycles. The standard InChI is InChI=1S/C16H23F2N3O.HI/c1-11-5-7-21(8-6-11)15(19)20-10-16(2,22)13-4-3-12(17)9-14(13)18;/h3-4,9,11,22H,5-8,10H2,1-2H3,(H2,19,20);1H. The van der Waals surface area contributed by atoms with Gasteiger partial charge >= 0.3 is 0 Å². The lowest BCUT2D eigenvalue weighted by atomic mass is 9.95. The van der Waals surface area contributed by atoms with Gasteiger partial charge in [0.05, 0.1) is 6.54 Å². The lowest BCUT2D eigenvalue weighted by molar-refractivity contribution is 0.0629. The first-order valence-electron chi connectivity index (χ1n) is 7.52. The van der Waals surface area contributed by atoms with E-state index in [9.17, 15) is 13.9 Å². The van der Waals surface area contributed by atoms with Crippen molar-refractivity contribution < 1.29 is 13.9 Å². The molecule has 130 valence electrons. The molecule has 0 radical (unpaired) electrons. The number of likely N-dealkylation sites (tertiary alicyclic amines) is 1. The number of benzene rings is 1. The van der Waals surface area contributed by atoms with Crippen molar-refractivity contribution >= 4 is 29.9 Å². The summed E-state index contributed by atoms with van der Waals surface area (Å²) in [6.07, 6.45) is 2.11. The van der Waals surface area contributed by atoms with Crippen LogP contribution in [0.1, 0.15) is 32.3 Å². The first-order valence-corrected chi connectivity index (χ1v) is 7.52. The molecule has 1 saturated heterocycles. The first-order chi connectivity index (χ1) is 10.3. The molecule has 1 aliphatic rings. The highest BCUT2D eigenvalue weighted by Crippen LogP contribution is 2.24. The maximum atomic E-state index is 13.8. The monoisotopic (exact) mass is 439 g/mol. The minimum atomic E-state index is -1.54. The van der Waals surface area contributed by atoms with E-state index in [2.05, 4.69) is 11.9 Å². The molecule has 23 heavy (non-hydrogen) atoms. The predicted molar refractivity (Wildman–Crippen MR) is 97.8 cm³/mol. The second-order valence-corrected chi connectivity index (χ2v) is 6.24. The Morgan fingerprint density at radius 2 is 2.00 bits per heavy atom. The molecule has 4 nitrogen and oxygen atoms in total. The van der Waals surface area contributed by atoms with E-state index in [0.29, 0.717) is 11.9 Å². The fourth-order valence-electron chi connectivity index (χ4n) is 2.58. The van der Waals surface area contributed by atoms with Crippen molar-refractivity contribution in [3.63, 3.8) is 0 Å². The summed E-state index contributed by atoms with van der Waals surface area (Å²) in [5, 5.41) is 10.4. The normalized spacial score (nSPS) is 19.2. The van der Waals surface area contributed by atoms with Crippen LogP contribution in [0.15, 0.2) is 23.2 Å². The van der Waals surface area contributed by atoms with Crippen LogP contribution in [0.5, 0.6) is 0 Å². The molecule has 0 saturated carbocycles. The SMILES string of the molecule is CC1CCN(C(N)=NCC(C)(O)c2ccc(F)cc2F)CC1.I. The number of hydrogen-bond donors (Lipinski definition) is 2. The fourth-order valence-corrected chi connectivity index (χ4v) is 2.58. The average Bonchev–Trinajstić information content (AvgIpc) is 2.45. The van der Waals surface area contributed by atoms with Crippen LogP contribution in [-0.4, -0.2) is 35.6 Å². The van der Waals surface area contributed by atoms with Crippen LogP contribution in [0.4, 0.5) is 8.78 Å². The van der Waals surface area contributed by atoms with Gasteiger partial charge in [0, 0.05) is 24.7 Å². The zero-order valence-corrected chi connectivity index (χ0v) is 15.8. The van der Waals surface area contributed by atoms with Crippen molar-refractivity contribution in [2.45, 2.75) is 32.3 Å². The smallest absolute Gasteiger partial charge is 0.191 e. The van der Waals surface area contributed by atoms with E-state index in [4.69, 9.17) is 5.73 Å². The Morgan fingerprint density at radius 3 is 2.57 bits per heavy atom. The van der Waals surface area contributed by atoms with Gasteiger partial charge in [0.2, 0.25) is 0 Å². The molecule has 1 aromatic carbocycles. The topological polar surface area (TPSA) is 61.8 Å². The average molecular weight is 439 g/mol. The largest absolute Gasteiger partial charge is 0.383 e. The highest BCUT2D eigenvalue weighted by atomic mass is 127. The zero-order valence-electron chi connectivity index (χ0n) is 13.4. The third-order valence-corrected chi connectivity index (χ3v) is 4.17. The minimum Gasteiger partial charge on any atom is -0.383 e. The van der Waals surface area contributed by atoms with Crippen molar-refractivity contribution in [2.75, 3.05) is 19.6 Å². The summed E-state index contributed by atoms with van der Waals surface area (Å²) in [7, 11) is 0. The third-order valence-electron chi connectivity index (χ3n) is 4.17. The van der Waals surface area contributed by atoms with E-state index in [1.54, 1.807) is 0 Å². The molecule has 0 aliphatic carbocycles. The summed E-state index contributed by atoms with van der Waals surface area (Å²) >= 11 is 0. The van der Waals surface area contributed by atoms with E-state index < -0.39 is 17.2 Å². The van der Waals surface area contributed by atoms with Crippen molar-refractivity contribution in [1.82, 2.24) is 4.90 Å². The Bertz CT molecular complexity index is 558. The lowest BCUT2D eigenvalue weighted by Gasteiger charge is -2.31. The van der Waals surface area contributed by atoms with Crippen molar-refractivity contribution in [1.29, 1.82) is 0 Å². The molecule has 0 bridgehead atoms. The van der Waals surface area contributed by atoms with Crippen LogP contribution in [0, 0.1) is 17.6 Å². The molecular formula is C16H24F2IN3O. The van der Waals surface area contributed by atoms with Crippen molar-refractivity contribution in [2.24, 2.45) is 16.6 Å². The minimum absolute atomic E-state index is 0. The second-order valence-electron chi connectivity index (χ2n) is 6.24. The van der Waals surface area contributed by atoms with Crippen molar-refractivity contribution in [3.05, 3.63) is 35.4 Å². The Balaban J connectivity index is 0.00000264. The number of aliphatic hydroxyl groups is 1. The molecule has 1 aromatic rings. The predicted octanol–water partition coefficient (Wildman–Crippen LogP) is 2.84. The molecule has 3 N–H and O–H groups in total. The van der Waals surface area contributed by atoms with Crippen molar-refractivity contribution in [3.8, 4) is 0 Å².